The Labute approximate surface area is 149 Å². The van der Waals surface area contributed by atoms with Gasteiger partial charge in [-0.3, -0.25) is 9.59 Å². The number of H-pyrrole nitrogens is 2. The maximum atomic E-state index is 12.6. The molecule has 1 aliphatic rings. The molecule has 2 N–H and O–H groups in total. The van der Waals surface area contributed by atoms with Crippen molar-refractivity contribution in [2.45, 2.75) is 13.0 Å². The van der Waals surface area contributed by atoms with Crippen molar-refractivity contribution >= 4 is 5.91 Å². The molecule has 1 aromatic carbocycles. The van der Waals surface area contributed by atoms with Crippen LogP contribution >= 0.6 is 0 Å². The Kier molecular flexibility index (Phi) is 4.04. The summed E-state index contributed by atoms with van der Waals surface area (Å²) >= 11 is 0. The molecular formula is C19H18N4O3. The first-order chi connectivity index (χ1) is 12.6. The third-order valence-corrected chi connectivity index (χ3v) is 4.51. The number of aromatic nitrogens is 3. The third kappa shape index (κ3) is 2.99. The van der Waals surface area contributed by atoms with Crippen LogP contribution in [0, 0.1) is 0 Å². The van der Waals surface area contributed by atoms with Gasteiger partial charge in [-0.1, -0.05) is 0 Å². The summed E-state index contributed by atoms with van der Waals surface area (Å²) in [7, 11) is 1.63. The Morgan fingerprint density at radius 2 is 2.00 bits per heavy atom. The van der Waals surface area contributed by atoms with Crippen LogP contribution in [0.1, 0.15) is 21.7 Å². The highest BCUT2D eigenvalue weighted by Crippen LogP contribution is 2.25. The molecule has 0 radical (unpaired) electrons. The molecule has 26 heavy (non-hydrogen) atoms. The molecule has 2 aromatic heterocycles. The molecule has 0 saturated heterocycles. The highest BCUT2D eigenvalue weighted by molar-refractivity contribution is 5.94. The van der Waals surface area contributed by atoms with E-state index in [4.69, 9.17) is 4.74 Å². The van der Waals surface area contributed by atoms with Gasteiger partial charge < -0.3 is 19.6 Å². The molecule has 0 spiro atoms. The molecule has 1 amide bonds. The van der Waals surface area contributed by atoms with Crippen LogP contribution in [0.2, 0.25) is 0 Å². The second kappa shape index (κ2) is 6.51. The van der Waals surface area contributed by atoms with E-state index in [1.54, 1.807) is 18.1 Å². The number of methoxy groups -OCH3 is 1. The average molecular weight is 350 g/mol. The van der Waals surface area contributed by atoms with Gasteiger partial charge in [0.2, 0.25) is 5.56 Å². The fraction of sp³-hybridized carbons (Fsp3) is 0.211. The Morgan fingerprint density at radius 3 is 2.69 bits per heavy atom. The fourth-order valence-electron chi connectivity index (χ4n) is 3.08. The number of nitrogens with zero attached hydrogens (tertiary/aromatic N) is 2. The van der Waals surface area contributed by atoms with Crippen LogP contribution < -0.4 is 10.3 Å². The molecule has 3 heterocycles. The number of benzene rings is 1. The van der Waals surface area contributed by atoms with Crippen molar-refractivity contribution in [3.63, 3.8) is 0 Å². The van der Waals surface area contributed by atoms with Gasteiger partial charge in [-0.15, -0.1) is 0 Å². The summed E-state index contributed by atoms with van der Waals surface area (Å²) in [6.07, 6.45) is 2.15. The van der Waals surface area contributed by atoms with Crippen molar-refractivity contribution in [2.75, 3.05) is 13.7 Å². The van der Waals surface area contributed by atoms with Gasteiger partial charge in [-0.2, -0.15) is 0 Å². The summed E-state index contributed by atoms with van der Waals surface area (Å²) in [6.45, 7) is 1.06. The summed E-state index contributed by atoms with van der Waals surface area (Å²) in [5.41, 5.74) is 3.16. The van der Waals surface area contributed by atoms with Crippen molar-refractivity contribution in [2.24, 2.45) is 0 Å². The molecule has 0 atom stereocenters. The number of aromatic amines is 2. The highest BCUT2D eigenvalue weighted by Gasteiger charge is 2.25. The van der Waals surface area contributed by atoms with Crippen molar-refractivity contribution in [1.29, 1.82) is 0 Å². The molecule has 4 rings (SSSR count). The van der Waals surface area contributed by atoms with Gasteiger partial charge in [0.05, 0.1) is 30.6 Å². The van der Waals surface area contributed by atoms with Crippen LogP contribution in [-0.2, 0) is 13.0 Å². The normalized spacial score (nSPS) is 13.3. The van der Waals surface area contributed by atoms with E-state index < -0.39 is 0 Å². The number of hydrogen-bond acceptors (Lipinski definition) is 4. The van der Waals surface area contributed by atoms with E-state index in [2.05, 4.69) is 15.0 Å². The maximum absolute atomic E-state index is 12.6. The zero-order chi connectivity index (χ0) is 18.1. The lowest BCUT2D eigenvalue weighted by atomic mass is 10.1. The van der Waals surface area contributed by atoms with E-state index >= 15 is 0 Å². The minimum absolute atomic E-state index is 0.104. The van der Waals surface area contributed by atoms with Crippen LogP contribution in [0.4, 0.5) is 0 Å². The number of ether oxygens (including phenoxy) is 1. The average Bonchev–Trinajstić information content (AvgIpc) is 3.11. The van der Waals surface area contributed by atoms with Crippen LogP contribution in [-0.4, -0.2) is 39.4 Å². The van der Waals surface area contributed by atoms with Gasteiger partial charge in [-0.05, 0) is 30.3 Å². The Morgan fingerprint density at radius 1 is 1.19 bits per heavy atom. The first kappa shape index (κ1) is 16.1. The molecule has 3 aromatic rings. The minimum atomic E-state index is -0.222. The van der Waals surface area contributed by atoms with Crippen molar-refractivity contribution in [3.05, 3.63) is 69.9 Å². The summed E-state index contributed by atoms with van der Waals surface area (Å²) in [5, 5.41) is 0. The first-order valence-electron chi connectivity index (χ1n) is 8.34. The molecule has 0 bridgehead atoms. The van der Waals surface area contributed by atoms with Gasteiger partial charge in [-0.25, -0.2) is 4.98 Å². The number of pyridine rings is 1. The monoisotopic (exact) mass is 350 g/mol. The van der Waals surface area contributed by atoms with E-state index in [0.29, 0.717) is 25.1 Å². The van der Waals surface area contributed by atoms with E-state index in [0.717, 1.165) is 28.5 Å². The number of amides is 1. The smallest absolute Gasteiger partial charge is 0.255 e. The van der Waals surface area contributed by atoms with Gasteiger partial charge in [0.15, 0.2) is 0 Å². The number of imidazole rings is 1. The summed E-state index contributed by atoms with van der Waals surface area (Å²) in [6, 6.07) is 10.6. The van der Waals surface area contributed by atoms with E-state index in [1.165, 1.54) is 12.3 Å². The molecular weight excluding hydrogens is 332 g/mol. The topological polar surface area (TPSA) is 91.1 Å². The van der Waals surface area contributed by atoms with Crippen molar-refractivity contribution in [3.8, 4) is 17.1 Å². The SMILES string of the molecule is COc1ccc(-c2nc3c([nH]2)CN(C(=O)c2ccc(=O)[nH]c2)CC3)cc1. The summed E-state index contributed by atoms with van der Waals surface area (Å²) in [5.74, 6) is 1.48. The lowest BCUT2D eigenvalue weighted by Gasteiger charge is -2.26. The Bertz CT molecular complexity index is 984. The number of carbonyl (C=O) groups excluding carboxylic acids is 1. The number of fused-ring (bicyclic) bond motifs is 1. The number of rotatable bonds is 3. The molecule has 0 aliphatic carbocycles. The second-order valence-corrected chi connectivity index (χ2v) is 6.16. The van der Waals surface area contributed by atoms with Gasteiger partial charge in [0, 0.05) is 30.8 Å². The lowest BCUT2D eigenvalue weighted by Crippen LogP contribution is -2.36. The van der Waals surface area contributed by atoms with Crippen LogP contribution in [0.25, 0.3) is 11.4 Å². The fourth-order valence-corrected chi connectivity index (χ4v) is 3.08. The molecule has 0 fully saturated rings. The number of carbonyl (C=O) groups is 1. The quantitative estimate of drug-likeness (QED) is 0.755. The van der Waals surface area contributed by atoms with E-state index in [9.17, 15) is 9.59 Å². The summed E-state index contributed by atoms with van der Waals surface area (Å²) in [4.78, 5) is 36.1. The van der Waals surface area contributed by atoms with E-state index in [1.807, 2.05) is 24.3 Å². The minimum Gasteiger partial charge on any atom is -0.497 e. The maximum Gasteiger partial charge on any atom is 0.255 e. The van der Waals surface area contributed by atoms with Crippen LogP contribution in [0.3, 0.4) is 0 Å². The second-order valence-electron chi connectivity index (χ2n) is 6.16. The van der Waals surface area contributed by atoms with Gasteiger partial charge in [0.25, 0.3) is 5.91 Å². The van der Waals surface area contributed by atoms with Crippen LogP contribution in [0.15, 0.2) is 47.4 Å². The first-order valence-corrected chi connectivity index (χ1v) is 8.34. The van der Waals surface area contributed by atoms with Crippen molar-refractivity contribution in [1.82, 2.24) is 19.9 Å². The Hall–Kier alpha value is -3.35. The molecule has 7 heteroatoms. The molecule has 0 unspecified atom stereocenters. The molecule has 0 saturated carbocycles. The van der Waals surface area contributed by atoms with Gasteiger partial charge >= 0.3 is 0 Å². The van der Waals surface area contributed by atoms with E-state index in [-0.39, 0.29) is 11.5 Å². The molecule has 7 nitrogen and oxygen atoms in total. The summed E-state index contributed by atoms with van der Waals surface area (Å²) < 4.78 is 5.18. The highest BCUT2D eigenvalue weighted by atomic mass is 16.5. The van der Waals surface area contributed by atoms with Crippen LogP contribution in [0.5, 0.6) is 5.75 Å². The predicted molar refractivity (Wildman–Crippen MR) is 96.1 cm³/mol. The predicted octanol–water partition coefficient (Wildman–Crippen LogP) is 1.97. The lowest BCUT2D eigenvalue weighted by molar-refractivity contribution is 0.0731. The molecule has 132 valence electrons. The van der Waals surface area contributed by atoms with Gasteiger partial charge in [0.1, 0.15) is 11.6 Å². The van der Waals surface area contributed by atoms with Crippen molar-refractivity contribution < 1.29 is 9.53 Å². The zero-order valence-corrected chi connectivity index (χ0v) is 14.3. The standard InChI is InChI=1S/C19H18N4O3/c1-26-14-5-2-12(3-6-14)18-21-15-8-9-23(11-16(15)22-18)19(25)13-4-7-17(24)20-10-13/h2-7,10H,8-9,11H2,1H3,(H,20,24)(H,21,22). The molecule has 1 aliphatic heterocycles. The zero-order valence-electron chi connectivity index (χ0n) is 14.3. The number of hydrogen-bond donors (Lipinski definition) is 2. The Balaban J connectivity index is 1.55. The number of nitrogens with one attached hydrogen (secondary N) is 2. The largest absolute Gasteiger partial charge is 0.497 e. The third-order valence-electron chi connectivity index (χ3n) is 4.51.